The van der Waals surface area contributed by atoms with Crippen LogP contribution in [-0.2, 0) is 16.0 Å². The minimum atomic E-state index is -0.674. The van der Waals surface area contributed by atoms with Crippen LogP contribution in [-0.4, -0.2) is 33.1 Å². The molecule has 0 aromatic carbocycles. The molecule has 2 N–H and O–H groups in total. The molecule has 0 aliphatic rings. The highest BCUT2D eigenvalue weighted by Crippen LogP contribution is 2.17. The summed E-state index contributed by atoms with van der Waals surface area (Å²) in [6.07, 6.45) is 6.34. The SMILES string of the molecule is CCCC(C)C(=O)[C@H](Cc1cnc[nH]1)NC(C)(CC)C(C)=O. The first-order valence-electron chi connectivity index (χ1n) is 8.13. The van der Waals surface area contributed by atoms with Gasteiger partial charge in [-0.05, 0) is 26.7 Å². The van der Waals surface area contributed by atoms with Gasteiger partial charge in [-0.3, -0.25) is 14.9 Å². The van der Waals surface area contributed by atoms with Gasteiger partial charge in [-0.2, -0.15) is 0 Å². The molecule has 1 rings (SSSR count). The molecule has 0 saturated heterocycles. The summed E-state index contributed by atoms with van der Waals surface area (Å²) in [5, 5.41) is 3.31. The monoisotopic (exact) mass is 307 g/mol. The number of imidazole rings is 1. The summed E-state index contributed by atoms with van der Waals surface area (Å²) < 4.78 is 0. The maximum Gasteiger partial charge on any atom is 0.152 e. The Morgan fingerprint density at radius 3 is 2.55 bits per heavy atom. The molecule has 1 aromatic heterocycles. The lowest BCUT2D eigenvalue weighted by Gasteiger charge is -2.32. The number of H-pyrrole nitrogens is 1. The zero-order chi connectivity index (χ0) is 16.8. The van der Waals surface area contributed by atoms with Gasteiger partial charge in [-0.25, -0.2) is 4.98 Å². The van der Waals surface area contributed by atoms with Crippen LogP contribution < -0.4 is 5.32 Å². The maximum atomic E-state index is 12.8. The van der Waals surface area contributed by atoms with Crippen LogP contribution in [0.4, 0.5) is 0 Å². The van der Waals surface area contributed by atoms with E-state index in [2.05, 4.69) is 22.2 Å². The van der Waals surface area contributed by atoms with E-state index >= 15 is 0 Å². The average molecular weight is 307 g/mol. The van der Waals surface area contributed by atoms with Crippen LogP contribution in [0.25, 0.3) is 0 Å². The van der Waals surface area contributed by atoms with Crippen LogP contribution in [0.15, 0.2) is 12.5 Å². The maximum absolute atomic E-state index is 12.8. The van der Waals surface area contributed by atoms with Crippen molar-refractivity contribution < 1.29 is 9.59 Å². The molecule has 0 aliphatic carbocycles. The lowest BCUT2D eigenvalue weighted by Crippen LogP contribution is -2.56. The van der Waals surface area contributed by atoms with E-state index in [0.717, 1.165) is 18.5 Å². The smallest absolute Gasteiger partial charge is 0.152 e. The largest absolute Gasteiger partial charge is 0.348 e. The standard InChI is InChI=1S/C17H29N3O2/c1-6-8-12(3)16(22)15(9-14-10-18-11-19-14)20-17(5,7-2)13(4)21/h10-12,15,20H,6-9H2,1-5H3,(H,18,19)/t12?,15-,17?/m0/s1. The van der Waals surface area contributed by atoms with Crippen LogP contribution in [0, 0.1) is 5.92 Å². The highest BCUT2D eigenvalue weighted by molar-refractivity contribution is 5.89. The van der Waals surface area contributed by atoms with Gasteiger partial charge in [-0.1, -0.05) is 27.2 Å². The molecule has 0 radical (unpaired) electrons. The Balaban J connectivity index is 2.95. The number of aromatic amines is 1. The zero-order valence-corrected chi connectivity index (χ0v) is 14.4. The summed E-state index contributed by atoms with van der Waals surface area (Å²) in [5.74, 6) is 0.205. The van der Waals surface area contributed by atoms with E-state index in [1.54, 1.807) is 19.4 Å². The minimum Gasteiger partial charge on any atom is -0.348 e. The quantitative estimate of drug-likeness (QED) is 0.697. The number of hydrogen-bond donors (Lipinski definition) is 2. The normalized spacial score (nSPS) is 16.8. The third-order valence-corrected chi connectivity index (χ3v) is 4.51. The van der Waals surface area contributed by atoms with E-state index in [9.17, 15) is 9.59 Å². The van der Waals surface area contributed by atoms with Crippen molar-refractivity contribution in [1.82, 2.24) is 15.3 Å². The Kier molecular flexibility index (Phi) is 6.94. The van der Waals surface area contributed by atoms with E-state index in [4.69, 9.17) is 0 Å². The third kappa shape index (κ3) is 4.77. The van der Waals surface area contributed by atoms with Crippen molar-refractivity contribution in [2.75, 3.05) is 0 Å². The second kappa shape index (κ2) is 8.22. The van der Waals surface area contributed by atoms with Crippen molar-refractivity contribution >= 4 is 11.6 Å². The Morgan fingerprint density at radius 1 is 1.41 bits per heavy atom. The van der Waals surface area contributed by atoms with Gasteiger partial charge in [0.15, 0.2) is 5.78 Å². The molecule has 1 aromatic rings. The number of carbonyl (C=O) groups excluding carboxylic acids is 2. The molecule has 0 spiro atoms. The fourth-order valence-electron chi connectivity index (χ4n) is 2.59. The van der Waals surface area contributed by atoms with Gasteiger partial charge in [0.05, 0.1) is 17.9 Å². The molecule has 0 saturated carbocycles. The number of rotatable bonds is 10. The van der Waals surface area contributed by atoms with Crippen molar-refractivity contribution in [3.63, 3.8) is 0 Å². The predicted octanol–water partition coefficient (Wildman–Crippen LogP) is 2.67. The average Bonchev–Trinajstić information content (AvgIpc) is 2.98. The second-order valence-corrected chi connectivity index (χ2v) is 6.31. The summed E-state index contributed by atoms with van der Waals surface area (Å²) in [6.45, 7) is 9.44. The van der Waals surface area contributed by atoms with Crippen molar-refractivity contribution in [2.45, 2.75) is 71.9 Å². The van der Waals surface area contributed by atoms with Crippen molar-refractivity contribution in [3.8, 4) is 0 Å². The lowest BCUT2D eigenvalue weighted by atomic mass is 9.88. The first kappa shape index (κ1) is 18.6. The van der Waals surface area contributed by atoms with Gasteiger partial charge >= 0.3 is 0 Å². The summed E-state index contributed by atoms with van der Waals surface area (Å²) in [6, 6.07) is -0.379. The highest BCUT2D eigenvalue weighted by atomic mass is 16.1. The molecule has 5 heteroatoms. The van der Waals surface area contributed by atoms with Gasteiger partial charge in [-0.15, -0.1) is 0 Å². The summed E-state index contributed by atoms with van der Waals surface area (Å²) in [5.41, 5.74) is 0.225. The number of hydrogen-bond acceptors (Lipinski definition) is 4. The van der Waals surface area contributed by atoms with Gasteiger partial charge in [0.1, 0.15) is 5.78 Å². The summed E-state index contributed by atoms with van der Waals surface area (Å²) in [7, 11) is 0. The van der Waals surface area contributed by atoms with Gasteiger partial charge in [0, 0.05) is 24.2 Å². The predicted molar refractivity (Wildman–Crippen MR) is 87.7 cm³/mol. The van der Waals surface area contributed by atoms with Crippen LogP contribution in [0.2, 0.25) is 0 Å². The fourth-order valence-corrected chi connectivity index (χ4v) is 2.59. The molecule has 5 nitrogen and oxygen atoms in total. The minimum absolute atomic E-state index is 0.0153. The Bertz CT molecular complexity index is 484. The van der Waals surface area contributed by atoms with E-state index in [-0.39, 0.29) is 23.5 Å². The van der Waals surface area contributed by atoms with Crippen LogP contribution >= 0.6 is 0 Å². The van der Waals surface area contributed by atoms with Crippen molar-refractivity contribution in [1.29, 1.82) is 0 Å². The van der Waals surface area contributed by atoms with Gasteiger partial charge in [0.25, 0.3) is 0 Å². The number of nitrogens with one attached hydrogen (secondary N) is 2. The molecule has 22 heavy (non-hydrogen) atoms. The van der Waals surface area contributed by atoms with E-state index in [1.165, 1.54) is 0 Å². The third-order valence-electron chi connectivity index (χ3n) is 4.51. The zero-order valence-electron chi connectivity index (χ0n) is 14.4. The Morgan fingerprint density at radius 2 is 2.09 bits per heavy atom. The van der Waals surface area contributed by atoms with Gasteiger partial charge < -0.3 is 4.98 Å². The van der Waals surface area contributed by atoms with Crippen LogP contribution in [0.5, 0.6) is 0 Å². The van der Waals surface area contributed by atoms with E-state index < -0.39 is 5.54 Å². The number of Topliss-reactive ketones (excluding diaryl/α,β-unsaturated/α-hetero) is 2. The molecule has 0 bridgehead atoms. The van der Waals surface area contributed by atoms with E-state index in [0.29, 0.717) is 12.8 Å². The lowest BCUT2D eigenvalue weighted by molar-refractivity contribution is -0.127. The second-order valence-electron chi connectivity index (χ2n) is 6.31. The fraction of sp³-hybridized carbons (Fsp3) is 0.706. The molecule has 0 fully saturated rings. The van der Waals surface area contributed by atoms with Gasteiger partial charge in [0.2, 0.25) is 0 Å². The highest BCUT2D eigenvalue weighted by Gasteiger charge is 2.34. The molecular weight excluding hydrogens is 278 g/mol. The molecule has 124 valence electrons. The number of aromatic nitrogens is 2. The first-order chi connectivity index (χ1) is 10.3. The Labute approximate surface area is 133 Å². The number of carbonyl (C=O) groups is 2. The molecule has 2 unspecified atom stereocenters. The molecular formula is C17H29N3O2. The number of ketones is 2. The molecule has 1 heterocycles. The van der Waals surface area contributed by atoms with E-state index in [1.807, 2.05) is 20.8 Å². The Hall–Kier alpha value is -1.49. The van der Waals surface area contributed by atoms with Crippen molar-refractivity contribution in [3.05, 3.63) is 18.2 Å². The summed E-state index contributed by atoms with van der Waals surface area (Å²) >= 11 is 0. The first-order valence-corrected chi connectivity index (χ1v) is 8.13. The van der Waals surface area contributed by atoms with Crippen LogP contribution in [0.3, 0.4) is 0 Å². The molecule has 0 aliphatic heterocycles. The molecule has 3 atom stereocenters. The topological polar surface area (TPSA) is 74.8 Å². The summed E-state index contributed by atoms with van der Waals surface area (Å²) in [4.78, 5) is 31.8. The number of nitrogens with zero attached hydrogens (tertiary/aromatic N) is 1. The van der Waals surface area contributed by atoms with Crippen LogP contribution in [0.1, 0.15) is 59.6 Å². The molecule has 0 amide bonds. The van der Waals surface area contributed by atoms with Crippen molar-refractivity contribution in [2.24, 2.45) is 5.92 Å².